The summed E-state index contributed by atoms with van der Waals surface area (Å²) in [5, 5.41) is 11.2. The number of para-hydroxylation sites is 1. The van der Waals surface area contributed by atoms with Gasteiger partial charge in [-0.15, -0.1) is 0 Å². The Morgan fingerprint density at radius 2 is 2.11 bits per heavy atom. The molecule has 2 heterocycles. The zero-order chi connectivity index (χ0) is 13.6. The van der Waals surface area contributed by atoms with Gasteiger partial charge < -0.3 is 0 Å². The number of fused-ring (bicyclic) bond motifs is 2. The molecule has 1 aromatic rings. The van der Waals surface area contributed by atoms with E-state index in [2.05, 4.69) is 4.90 Å². The molecular formula is C14H16N2O3. The van der Waals surface area contributed by atoms with E-state index in [0.717, 1.165) is 12.8 Å². The molecule has 0 amide bonds. The van der Waals surface area contributed by atoms with Crippen LogP contribution in [-0.4, -0.2) is 28.7 Å². The Balaban J connectivity index is 2.19. The first-order valence-electron chi connectivity index (χ1n) is 6.57. The first kappa shape index (κ1) is 12.3. The van der Waals surface area contributed by atoms with Crippen LogP contribution in [0.4, 0.5) is 5.69 Å². The predicted molar refractivity (Wildman–Crippen MR) is 69.8 cm³/mol. The third-order valence-electron chi connectivity index (χ3n) is 4.70. The molecule has 0 N–H and O–H groups in total. The highest BCUT2D eigenvalue weighted by atomic mass is 16.6. The summed E-state index contributed by atoms with van der Waals surface area (Å²) in [6.45, 7) is 0. The standard InChI is InChI=1S/C14H16N2O3/c1-15-10-6-7-13(17)14(15,9-8-10)11-4-2-3-5-12(11)16(18)19/h2-5,10H,6-9H2,1H3/t10-,14+/m1/s1. The summed E-state index contributed by atoms with van der Waals surface area (Å²) < 4.78 is 0. The number of hydrogen-bond acceptors (Lipinski definition) is 4. The van der Waals surface area contributed by atoms with Crippen molar-refractivity contribution in [3.05, 3.63) is 39.9 Å². The molecule has 0 aliphatic carbocycles. The van der Waals surface area contributed by atoms with Crippen LogP contribution in [0.15, 0.2) is 24.3 Å². The fourth-order valence-electron chi connectivity index (χ4n) is 3.69. The molecule has 2 atom stereocenters. The van der Waals surface area contributed by atoms with Crippen LogP contribution in [0.1, 0.15) is 31.2 Å². The van der Waals surface area contributed by atoms with Crippen LogP contribution in [0.5, 0.6) is 0 Å². The normalized spacial score (nSPS) is 30.6. The van der Waals surface area contributed by atoms with E-state index < -0.39 is 5.54 Å². The number of benzene rings is 1. The Labute approximate surface area is 111 Å². The minimum atomic E-state index is -0.771. The van der Waals surface area contributed by atoms with Crippen molar-refractivity contribution in [3.63, 3.8) is 0 Å². The second-order valence-electron chi connectivity index (χ2n) is 5.40. The van der Waals surface area contributed by atoms with Gasteiger partial charge in [0.05, 0.1) is 10.5 Å². The maximum absolute atomic E-state index is 12.5. The van der Waals surface area contributed by atoms with Crippen LogP contribution in [0.3, 0.4) is 0 Å². The van der Waals surface area contributed by atoms with Crippen molar-refractivity contribution < 1.29 is 9.72 Å². The second-order valence-corrected chi connectivity index (χ2v) is 5.40. The van der Waals surface area contributed by atoms with Gasteiger partial charge in [-0.2, -0.15) is 0 Å². The number of nitrogens with zero attached hydrogens (tertiary/aromatic N) is 2. The summed E-state index contributed by atoms with van der Waals surface area (Å²) in [5.41, 5.74) is -0.146. The number of carbonyl (C=O) groups is 1. The van der Waals surface area contributed by atoms with Gasteiger partial charge in [-0.05, 0) is 32.4 Å². The van der Waals surface area contributed by atoms with E-state index >= 15 is 0 Å². The molecule has 0 saturated carbocycles. The fraction of sp³-hybridized carbons (Fsp3) is 0.500. The molecule has 2 aliphatic rings. The molecule has 5 heteroatoms. The number of hydrogen-bond donors (Lipinski definition) is 0. The third kappa shape index (κ3) is 1.54. The number of Topliss-reactive ketones (excluding diaryl/α,β-unsaturated/α-hetero) is 1. The Bertz CT molecular complexity index is 557. The van der Waals surface area contributed by atoms with Crippen LogP contribution >= 0.6 is 0 Å². The van der Waals surface area contributed by atoms with Gasteiger partial charge in [0.2, 0.25) is 0 Å². The summed E-state index contributed by atoms with van der Waals surface area (Å²) in [6, 6.07) is 7.03. The first-order chi connectivity index (χ1) is 9.07. The Morgan fingerprint density at radius 1 is 1.37 bits per heavy atom. The lowest BCUT2D eigenvalue weighted by atomic mass is 9.80. The van der Waals surface area contributed by atoms with Crippen LogP contribution in [0.25, 0.3) is 0 Å². The molecule has 100 valence electrons. The molecule has 0 spiro atoms. The minimum absolute atomic E-state index is 0.0604. The Kier molecular flexibility index (Phi) is 2.67. The molecule has 1 aromatic carbocycles. The van der Waals surface area contributed by atoms with E-state index in [1.165, 1.54) is 6.07 Å². The molecule has 2 bridgehead atoms. The van der Waals surface area contributed by atoms with Crippen molar-refractivity contribution in [1.82, 2.24) is 4.90 Å². The Morgan fingerprint density at radius 3 is 2.84 bits per heavy atom. The summed E-state index contributed by atoms with van der Waals surface area (Å²) in [4.78, 5) is 25.4. The molecule has 2 saturated heterocycles. The number of likely N-dealkylation sites (N-methyl/N-ethyl adjacent to an activating group) is 1. The minimum Gasteiger partial charge on any atom is -0.297 e. The quantitative estimate of drug-likeness (QED) is 0.604. The maximum atomic E-state index is 12.5. The summed E-state index contributed by atoms with van der Waals surface area (Å²) >= 11 is 0. The van der Waals surface area contributed by atoms with Gasteiger partial charge in [0.15, 0.2) is 5.78 Å². The zero-order valence-electron chi connectivity index (χ0n) is 10.8. The van der Waals surface area contributed by atoms with E-state index in [9.17, 15) is 14.9 Å². The smallest absolute Gasteiger partial charge is 0.274 e. The van der Waals surface area contributed by atoms with Crippen molar-refractivity contribution in [2.75, 3.05) is 7.05 Å². The van der Waals surface area contributed by atoms with Gasteiger partial charge in [-0.25, -0.2) is 0 Å². The van der Waals surface area contributed by atoms with Gasteiger partial charge in [0.25, 0.3) is 5.69 Å². The SMILES string of the molecule is CN1[C@@H]2CCC(=O)[C@@]1(c1ccccc1[N+](=O)[O-])CC2. The Hall–Kier alpha value is -1.75. The average molecular weight is 260 g/mol. The van der Waals surface area contributed by atoms with Gasteiger partial charge in [0, 0.05) is 18.5 Å². The lowest BCUT2D eigenvalue weighted by Crippen LogP contribution is -2.52. The maximum Gasteiger partial charge on any atom is 0.274 e. The summed E-state index contributed by atoms with van der Waals surface area (Å²) in [5.74, 6) is 0.123. The second kappa shape index (κ2) is 4.13. The molecule has 19 heavy (non-hydrogen) atoms. The number of ketones is 1. The van der Waals surface area contributed by atoms with Gasteiger partial charge in [0.1, 0.15) is 5.54 Å². The van der Waals surface area contributed by atoms with E-state index in [1.807, 2.05) is 7.05 Å². The summed E-state index contributed by atoms with van der Waals surface area (Å²) in [6.07, 6.45) is 3.03. The van der Waals surface area contributed by atoms with Crippen molar-refractivity contribution in [1.29, 1.82) is 0 Å². The lowest BCUT2D eigenvalue weighted by molar-refractivity contribution is -0.386. The number of nitro groups is 1. The van der Waals surface area contributed by atoms with E-state index in [0.29, 0.717) is 24.4 Å². The average Bonchev–Trinajstić information content (AvgIpc) is 2.62. The summed E-state index contributed by atoms with van der Waals surface area (Å²) in [7, 11) is 1.92. The molecular weight excluding hydrogens is 244 g/mol. The molecule has 0 radical (unpaired) electrons. The number of piperidine rings is 1. The van der Waals surface area contributed by atoms with Gasteiger partial charge in [-0.1, -0.05) is 12.1 Å². The highest BCUT2D eigenvalue weighted by Gasteiger charge is 2.55. The first-order valence-corrected chi connectivity index (χ1v) is 6.57. The topological polar surface area (TPSA) is 63.5 Å². The van der Waals surface area contributed by atoms with Crippen molar-refractivity contribution >= 4 is 11.5 Å². The molecule has 2 aliphatic heterocycles. The van der Waals surface area contributed by atoms with E-state index in [-0.39, 0.29) is 16.4 Å². The number of rotatable bonds is 2. The van der Waals surface area contributed by atoms with Gasteiger partial charge in [-0.3, -0.25) is 19.8 Å². The largest absolute Gasteiger partial charge is 0.297 e. The van der Waals surface area contributed by atoms with Gasteiger partial charge >= 0.3 is 0 Å². The number of carbonyl (C=O) groups excluding carboxylic acids is 1. The van der Waals surface area contributed by atoms with Crippen LogP contribution in [0, 0.1) is 10.1 Å². The molecule has 2 fully saturated rings. The molecule has 0 unspecified atom stereocenters. The van der Waals surface area contributed by atoms with Crippen molar-refractivity contribution in [2.24, 2.45) is 0 Å². The molecule has 3 rings (SSSR count). The zero-order valence-corrected chi connectivity index (χ0v) is 10.8. The monoisotopic (exact) mass is 260 g/mol. The highest BCUT2D eigenvalue weighted by molar-refractivity contribution is 5.92. The fourth-order valence-corrected chi connectivity index (χ4v) is 3.69. The van der Waals surface area contributed by atoms with Crippen LogP contribution in [0.2, 0.25) is 0 Å². The molecule has 5 nitrogen and oxygen atoms in total. The molecule has 0 aromatic heterocycles. The lowest BCUT2D eigenvalue weighted by Gasteiger charge is -2.41. The van der Waals surface area contributed by atoms with Crippen LogP contribution < -0.4 is 0 Å². The van der Waals surface area contributed by atoms with E-state index in [1.54, 1.807) is 18.2 Å². The van der Waals surface area contributed by atoms with E-state index in [4.69, 9.17) is 0 Å². The predicted octanol–water partition coefficient (Wildman–Crippen LogP) is 2.25. The van der Waals surface area contributed by atoms with Crippen LogP contribution in [-0.2, 0) is 10.3 Å². The van der Waals surface area contributed by atoms with Crippen molar-refractivity contribution in [3.8, 4) is 0 Å². The third-order valence-corrected chi connectivity index (χ3v) is 4.70. The van der Waals surface area contributed by atoms with Crippen molar-refractivity contribution in [2.45, 2.75) is 37.3 Å². The number of nitro benzene ring substituents is 1. The highest BCUT2D eigenvalue weighted by Crippen LogP contribution is 2.49.